The Hall–Kier alpha value is -3.20. The van der Waals surface area contributed by atoms with Gasteiger partial charge in [0, 0.05) is 27.3 Å². The minimum Gasteiger partial charge on any atom is -0.407 e. The zero-order chi connectivity index (χ0) is 21.0. The minimum absolute atomic E-state index is 0.0529. The smallest absolute Gasteiger partial charge is 0.322 e. The van der Waals surface area contributed by atoms with Gasteiger partial charge in [0.05, 0.1) is 11.3 Å². The zero-order valence-corrected chi connectivity index (χ0v) is 17.0. The first-order valence-corrected chi connectivity index (χ1v) is 9.85. The molecule has 0 aliphatic rings. The van der Waals surface area contributed by atoms with Gasteiger partial charge in [0.1, 0.15) is 0 Å². The lowest BCUT2D eigenvalue weighted by Gasteiger charge is -2.05. The van der Waals surface area contributed by atoms with Gasteiger partial charge in [0.15, 0.2) is 0 Å². The molecule has 0 atom stereocenters. The van der Waals surface area contributed by atoms with Crippen molar-refractivity contribution in [1.82, 2.24) is 10.2 Å². The molecule has 0 spiro atoms. The second-order valence-electron chi connectivity index (χ2n) is 6.65. The van der Waals surface area contributed by atoms with Crippen LogP contribution < -0.4 is 5.32 Å². The van der Waals surface area contributed by atoms with Crippen LogP contribution in [0.5, 0.6) is 0 Å². The first kappa shape index (κ1) is 20.5. The second kappa shape index (κ2) is 8.87. The van der Waals surface area contributed by atoms with E-state index >= 15 is 0 Å². The van der Waals surface area contributed by atoms with Crippen LogP contribution in [0, 0.1) is 17.0 Å². The number of carbonyl (C=O) groups is 1. The van der Waals surface area contributed by atoms with E-state index in [1.165, 1.54) is 30.0 Å². The summed E-state index contributed by atoms with van der Waals surface area (Å²) in [6.45, 7) is 5.80. The lowest BCUT2D eigenvalue weighted by molar-refractivity contribution is -0.385. The fraction of sp³-hybridized carbons (Fsp3) is 0.250. The molecule has 0 unspecified atom stereocenters. The molecular weight excluding hydrogens is 392 g/mol. The highest BCUT2D eigenvalue weighted by atomic mass is 32.2. The number of hydrogen-bond donors (Lipinski definition) is 1. The lowest BCUT2D eigenvalue weighted by Crippen LogP contribution is -2.14. The molecule has 9 heteroatoms. The topological polar surface area (TPSA) is 111 Å². The fourth-order valence-corrected chi connectivity index (χ4v) is 3.58. The van der Waals surface area contributed by atoms with Gasteiger partial charge in [-0.1, -0.05) is 37.1 Å². The van der Waals surface area contributed by atoms with Crippen LogP contribution in [0.1, 0.15) is 41.2 Å². The van der Waals surface area contributed by atoms with Crippen LogP contribution in [0.4, 0.5) is 11.7 Å². The third kappa shape index (κ3) is 5.20. The number of nitrogens with one attached hydrogen (secondary N) is 1. The van der Waals surface area contributed by atoms with Gasteiger partial charge in [-0.3, -0.25) is 20.2 Å². The van der Waals surface area contributed by atoms with Gasteiger partial charge in [-0.05, 0) is 30.7 Å². The molecule has 0 aliphatic heterocycles. The summed E-state index contributed by atoms with van der Waals surface area (Å²) < 4.78 is 5.50. The largest absolute Gasteiger partial charge is 0.407 e. The van der Waals surface area contributed by atoms with Crippen LogP contribution in [0.2, 0.25) is 0 Å². The third-order valence-corrected chi connectivity index (χ3v) is 5.10. The van der Waals surface area contributed by atoms with E-state index in [2.05, 4.69) is 29.4 Å². The second-order valence-corrected chi connectivity index (χ2v) is 8.30. The number of benzene rings is 2. The van der Waals surface area contributed by atoms with Gasteiger partial charge in [-0.2, -0.15) is 0 Å². The summed E-state index contributed by atoms with van der Waals surface area (Å²) in [5.41, 5.74) is 1.34. The Kier molecular flexibility index (Phi) is 6.28. The Morgan fingerprint density at radius 1 is 1.21 bits per heavy atom. The first-order valence-electron chi connectivity index (χ1n) is 8.97. The lowest BCUT2D eigenvalue weighted by atomic mass is 10.1. The quantitative estimate of drug-likeness (QED) is 0.342. The van der Waals surface area contributed by atoms with E-state index < -0.39 is 10.8 Å². The summed E-state index contributed by atoms with van der Waals surface area (Å²) in [7, 11) is 0. The van der Waals surface area contributed by atoms with Gasteiger partial charge >= 0.3 is 6.01 Å². The van der Waals surface area contributed by atoms with E-state index in [1.54, 1.807) is 11.8 Å². The van der Waals surface area contributed by atoms with Crippen molar-refractivity contribution in [2.24, 2.45) is 0 Å². The molecule has 2 aromatic carbocycles. The maximum atomic E-state index is 12.4. The molecule has 0 saturated carbocycles. The van der Waals surface area contributed by atoms with Gasteiger partial charge < -0.3 is 4.42 Å². The molecule has 1 aromatic heterocycles. The number of thioether (sulfide) groups is 1. The number of nitro groups is 1. The van der Waals surface area contributed by atoms with Crippen molar-refractivity contribution in [2.75, 3.05) is 5.32 Å². The van der Waals surface area contributed by atoms with Crippen LogP contribution in [0.15, 0.2) is 51.8 Å². The number of anilines is 1. The number of hydrogen-bond acceptors (Lipinski definition) is 7. The van der Waals surface area contributed by atoms with Crippen LogP contribution >= 0.6 is 11.8 Å². The molecule has 0 fully saturated rings. The SMILES string of the molecule is Cc1c(C(=O)Nc2nnc(Cc3ccc(SC(C)C)cc3)o2)cccc1[N+](=O)[O-]. The molecule has 8 nitrogen and oxygen atoms in total. The third-order valence-electron chi connectivity index (χ3n) is 4.08. The van der Waals surface area contributed by atoms with Gasteiger partial charge in [0.25, 0.3) is 11.6 Å². The predicted octanol–water partition coefficient (Wildman–Crippen LogP) is 4.63. The molecule has 1 heterocycles. The molecule has 29 heavy (non-hydrogen) atoms. The van der Waals surface area contributed by atoms with E-state index in [4.69, 9.17) is 4.42 Å². The molecule has 3 aromatic rings. The summed E-state index contributed by atoms with van der Waals surface area (Å²) in [4.78, 5) is 24.1. The number of rotatable bonds is 7. The molecule has 0 saturated heterocycles. The number of amides is 1. The number of nitro benzene ring substituents is 1. The average molecular weight is 412 g/mol. The standard InChI is InChI=1S/C20H20N4O4S/c1-12(2)29-15-9-7-14(8-10-15)11-18-22-23-20(28-18)21-19(25)16-5-4-6-17(13(16)3)24(26)27/h4-10,12H,11H2,1-3H3,(H,21,23,25). The minimum atomic E-state index is -0.545. The molecular formula is C20H20N4O4S. The van der Waals surface area contributed by atoms with Crippen molar-refractivity contribution in [3.05, 3.63) is 75.2 Å². The molecule has 3 rings (SSSR count). The van der Waals surface area contributed by atoms with Gasteiger partial charge in [-0.15, -0.1) is 16.9 Å². The van der Waals surface area contributed by atoms with Crippen LogP contribution in [-0.2, 0) is 6.42 Å². The van der Waals surface area contributed by atoms with Crippen molar-refractivity contribution in [3.8, 4) is 0 Å². The van der Waals surface area contributed by atoms with E-state index in [0.717, 1.165) is 5.56 Å². The van der Waals surface area contributed by atoms with Crippen LogP contribution in [-0.4, -0.2) is 26.3 Å². The molecule has 1 amide bonds. The Labute approximate surface area is 171 Å². The first-order chi connectivity index (χ1) is 13.8. The molecule has 0 aliphatic carbocycles. The molecule has 0 radical (unpaired) electrons. The van der Waals surface area contributed by atoms with Crippen molar-refractivity contribution in [1.29, 1.82) is 0 Å². The highest BCUT2D eigenvalue weighted by Crippen LogP contribution is 2.24. The number of aromatic nitrogens is 2. The fourth-order valence-electron chi connectivity index (χ4n) is 2.74. The van der Waals surface area contributed by atoms with Crippen LogP contribution in [0.25, 0.3) is 0 Å². The monoisotopic (exact) mass is 412 g/mol. The maximum Gasteiger partial charge on any atom is 0.322 e. The van der Waals surface area contributed by atoms with Crippen molar-refractivity contribution < 1.29 is 14.1 Å². The van der Waals surface area contributed by atoms with E-state index in [-0.39, 0.29) is 22.8 Å². The van der Waals surface area contributed by atoms with E-state index in [9.17, 15) is 14.9 Å². The summed E-state index contributed by atoms with van der Waals surface area (Å²) in [6.07, 6.45) is 0.436. The van der Waals surface area contributed by atoms with E-state index in [0.29, 0.717) is 17.6 Å². The molecule has 150 valence electrons. The Morgan fingerprint density at radius 2 is 1.93 bits per heavy atom. The normalized spacial score (nSPS) is 10.9. The molecule has 1 N–H and O–H groups in total. The van der Waals surface area contributed by atoms with Crippen LogP contribution in [0.3, 0.4) is 0 Å². The maximum absolute atomic E-state index is 12.4. The summed E-state index contributed by atoms with van der Waals surface area (Å²) in [6, 6.07) is 12.4. The van der Waals surface area contributed by atoms with Crippen molar-refractivity contribution in [3.63, 3.8) is 0 Å². The predicted molar refractivity (Wildman–Crippen MR) is 110 cm³/mol. The summed E-state index contributed by atoms with van der Waals surface area (Å²) in [5.74, 6) is -0.184. The Bertz CT molecular complexity index is 1030. The van der Waals surface area contributed by atoms with Gasteiger partial charge in [-0.25, -0.2) is 0 Å². The Morgan fingerprint density at radius 3 is 2.59 bits per heavy atom. The zero-order valence-electron chi connectivity index (χ0n) is 16.2. The molecule has 0 bridgehead atoms. The Balaban J connectivity index is 1.67. The number of carbonyl (C=O) groups excluding carboxylic acids is 1. The van der Waals surface area contributed by atoms with Gasteiger partial charge in [0.2, 0.25) is 5.89 Å². The highest BCUT2D eigenvalue weighted by Gasteiger charge is 2.19. The van der Waals surface area contributed by atoms with E-state index in [1.807, 2.05) is 24.3 Å². The highest BCUT2D eigenvalue weighted by molar-refractivity contribution is 7.99. The average Bonchev–Trinajstić information content (AvgIpc) is 3.09. The summed E-state index contributed by atoms with van der Waals surface area (Å²) >= 11 is 1.79. The summed E-state index contributed by atoms with van der Waals surface area (Å²) in [5, 5.41) is 21.8. The van der Waals surface area contributed by atoms with Crippen molar-refractivity contribution in [2.45, 2.75) is 37.3 Å². The number of nitrogens with zero attached hydrogens (tertiary/aromatic N) is 3. The van der Waals surface area contributed by atoms with Crippen molar-refractivity contribution >= 4 is 29.4 Å².